The third-order valence-corrected chi connectivity index (χ3v) is 3.21. The molecule has 0 aliphatic carbocycles. The molecule has 2 rings (SSSR count). The summed E-state index contributed by atoms with van der Waals surface area (Å²) in [7, 11) is 0. The summed E-state index contributed by atoms with van der Waals surface area (Å²) in [6.07, 6.45) is 1.07. The summed E-state index contributed by atoms with van der Waals surface area (Å²) in [5.74, 6) is -0.368. The molecule has 1 amide bonds. The summed E-state index contributed by atoms with van der Waals surface area (Å²) in [5, 5.41) is 11.5. The predicted molar refractivity (Wildman–Crippen MR) is 79.2 cm³/mol. The van der Waals surface area contributed by atoms with Crippen LogP contribution in [0.15, 0.2) is 50.3 Å². The van der Waals surface area contributed by atoms with Gasteiger partial charge in [-0.15, -0.1) is 0 Å². The van der Waals surface area contributed by atoms with Crippen molar-refractivity contribution in [2.45, 2.75) is 6.61 Å². The van der Waals surface area contributed by atoms with E-state index in [9.17, 15) is 9.59 Å². The second-order valence-corrected chi connectivity index (χ2v) is 4.90. The molecule has 0 saturated carbocycles. The molecule has 0 saturated heterocycles. The van der Waals surface area contributed by atoms with Gasteiger partial charge in [0.15, 0.2) is 6.61 Å². The molecule has 1 aromatic carbocycles. The molecule has 0 fully saturated rings. The Bertz CT molecular complexity index is 698. The second kappa shape index (κ2) is 7.05. The molecule has 1 aromatic heterocycles. The van der Waals surface area contributed by atoms with Crippen LogP contribution in [-0.4, -0.2) is 17.6 Å². The molecule has 7 heteroatoms. The van der Waals surface area contributed by atoms with Gasteiger partial charge in [-0.3, -0.25) is 9.59 Å². The average molecular weight is 354 g/mol. The number of hydrogen-bond acceptors (Lipinski definition) is 5. The van der Waals surface area contributed by atoms with Crippen LogP contribution in [0.3, 0.4) is 0 Å². The van der Waals surface area contributed by atoms with E-state index in [4.69, 9.17) is 14.3 Å². The molecule has 0 aliphatic rings. The number of carbonyl (C=O) groups excluding carboxylic acids is 1. The van der Waals surface area contributed by atoms with Crippen molar-refractivity contribution in [3.63, 3.8) is 0 Å². The maximum absolute atomic E-state index is 11.7. The summed E-state index contributed by atoms with van der Waals surface area (Å²) >= 11 is 3.30. The van der Waals surface area contributed by atoms with E-state index in [1.165, 1.54) is 0 Å². The van der Waals surface area contributed by atoms with Crippen LogP contribution in [0.4, 0.5) is 5.69 Å². The number of para-hydroxylation sites is 1. The minimum absolute atomic E-state index is 0.0884. The minimum atomic E-state index is -0.459. The summed E-state index contributed by atoms with van der Waals surface area (Å²) in [6.45, 7) is -0.706. The molecule has 110 valence electrons. The summed E-state index contributed by atoms with van der Waals surface area (Å²) in [5.41, 5.74) is 0.146. The third-order valence-electron chi connectivity index (χ3n) is 2.51. The van der Waals surface area contributed by atoms with Gasteiger partial charge >= 0.3 is 0 Å². The third kappa shape index (κ3) is 4.17. The molecule has 1 heterocycles. The number of benzene rings is 1. The van der Waals surface area contributed by atoms with Gasteiger partial charge in [-0.1, -0.05) is 12.1 Å². The van der Waals surface area contributed by atoms with Crippen molar-refractivity contribution in [2.24, 2.45) is 0 Å². The number of halogens is 1. The quantitative estimate of drug-likeness (QED) is 0.856. The first-order chi connectivity index (χ1) is 10.1. The number of nitrogens with one attached hydrogen (secondary N) is 1. The van der Waals surface area contributed by atoms with Crippen LogP contribution in [-0.2, 0) is 11.4 Å². The van der Waals surface area contributed by atoms with Gasteiger partial charge in [0, 0.05) is 10.5 Å². The van der Waals surface area contributed by atoms with Crippen molar-refractivity contribution in [1.82, 2.24) is 0 Å². The van der Waals surface area contributed by atoms with Gasteiger partial charge in [-0.25, -0.2) is 0 Å². The van der Waals surface area contributed by atoms with Gasteiger partial charge in [0.25, 0.3) is 5.91 Å². The topological polar surface area (TPSA) is 88.8 Å². The molecule has 0 radical (unpaired) electrons. The first-order valence-corrected chi connectivity index (χ1v) is 6.79. The Balaban J connectivity index is 1.96. The van der Waals surface area contributed by atoms with Crippen LogP contribution in [0, 0.1) is 0 Å². The lowest BCUT2D eigenvalue weighted by Crippen LogP contribution is -2.22. The van der Waals surface area contributed by atoms with E-state index < -0.39 is 11.3 Å². The Morgan fingerprint density at radius 3 is 2.81 bits per heavy atom. The highest BCUT2D eigenvalue weighted by molar-refractivity contribution is 9.10. The van der Waals surface area contributed by atoms with Crippen LogP contribution < -0.4 is 15.5 Å². The van der Waals surface area contributed by atoms with Gasteiger partial charge in [0.2, 0.25) is 11.2 Å². The summed E-state index contributed by atoms with van der Waals surface area (Å²) in [6, 6.07) is 8.24. The first kappa shape index (κ1) is 15.3. The number of amides is 1. The number of hydrogen-bond donors (Lipinski definition) is 2. The molecular weight excluding hydrogens is 342 g/mol. The largest absolute Gasteiger partial charge is 0.477 e. The number of rotatable bonds is 5. The standard InChI is InChI=1S/C14H12BrNO5/c15-10-3-1-2-4-11(10)16-14(19)8-21-13-7-20-9(6-17)5-12(13)18/h1-5,7,17H,6,8H2,(H,16,19). The van der Waals surface area contributed by atoms with Gasteiger partial charge in [0.05, 0.1) is 5.69 Å². The Hall–Kier alpha value is -2.12. The fourth-order valence-electron chi connectivity index (χ4n) is 1.52. The number of carbonyl (C=O) groups is 1. The zero-order chi connectivity index (χ0) is 15.2. The summed E-state index contributed by atoms with van der Waals surface area (Å²) in [4.78, 5) is 23.3. The van der Waals surface area contributed by atoms with Crippen LogP contribution in [0.5, 0.6) is 5.75 Å². The number of aliphatic hydroxyl groups excluding tert-OH is 1. The van der Waals surface area contributed by atoms with E-state index in [0.717, 1.165) is 16.8 Å². The SMILES string of the molecule is O=C(COc1coc(CO)cc1=O)Nc1ccccc1Br. The van der Waals surface area contributed by atoms with E-state index in [-0.39, 0.29) is 24.7 Å². The predicted octanol–water partition coefficient (Wildman–Crippen LogP) is 1.91. The van der Waals surface area contributed by atoms with Crippen molar-refractivity contribution in [2.75, 3.05) is 11.9 Å². The van der Waals surface area contributed by atoms with Crippen molar-refractivity contribution in [1.29, 1.82) is 0 Å². The molecule has 2 N–H and O–H groups in total. The van der Waals surface area contributed by atoms with Crippen LogP contribution >= 0.6 is 15.9 Å². The average Bonchev–Trinajstić information content (AvgIpc) is 2.48. The Morgan fingerprint density at radius 2 is 2.14 bits per heavy atom. The fraction of sp³-hybridized carbons (Fsp3) is 0.143. The van der Waals surface area contributed by atoms with Gasteiger partial charge in [-0.05, 0) is 28.1 Å². The number of anilines is 1. The van der Waals surface area contributed by atoms with E-state index >= 15 is 0 Å². The van der Waals surface area contributed by atoms with Crippen molar-refractivity contribution in [3.8, 4) is 5.75 Å². The Kier molecular flexibility index (Phi) is 5.13. The lowest BCUT2D eigenvalue weighted by atomic mass is 10.3. The van der Waals surface area contributed by atoms with Crippen molar-refractivity contribution < 1.29 is 19.1 Å². The van der Waals surface area contributed by atoms with Crippen LogP contribution in [0.2, 0.25) is 0 Å². The van der Waals surface area contributed by atoms with Crippen LogP contribution in [0.1, 0.15) is 5.76 Å². The zero-order valence-corrected chi connectivity index (χ0v) is 12.4. The molecule has 0 unspecified atom stereocenters. The van der Waals surface area contributed by atoms with Gasteiger partial charge in [-0.2, -0.15) is 0 Å². The molecule has 21 heavy (non-hydrogen) atoms. The van der Waals surface area contributed by atoms with E-state index in [1.54, 1.807) is 18.2 Å². The van der Waals surface area contributed by atoms with Gasteiger partial charge < -0.3 is 19.6 Å². The minimum Gasteiger partial charge on any atom is -0.477 e. The Morgan fingerprint density at radius 1 is 1.38 bits per heavy atom. The molecule has 0 atom stereocenters. The zero-order valence-electron chi connectivity index (χ0n) is 10.8. The smallest absolute Gasteiger partial charge is 0.262 e. The molecule has 0 bridgehead atoms. The van der Waals surface area contributed by atoms with Crippen LogP contribution in [0.25, 0.3) is 0 Å². The normalized spacial score (nSPS) is 10.2. The molecule has 6 nitrogen and oxygen atoms in total. The van der Waals surface area contributed by atoms with Crippen molar-refractivity contribution >= 4 is 27.5 Å². The van der Waals surface area contributed by atoms with E-state index in [1.807, 2.05) is 6.07 Å². The maximum Gasteiger partial charge on any atom is 0.262 e. The second-order valence-electron chi connectivity index (χ2n) is 4.05. The number of aliphatic hydroxyl groups is 1. The molecule has 0 aliphatic heterocycles. The lowest BCUT2D eigenvalue weighted by molar-refractivity contribution is -0.118. The summed E-state index contributed by atoms with van der Waals surface area (Å²) < 4.78 is 10.8. The molecule has 0 spiro atoms. The highest BCUT2D eigenvalue weighted by Crippen LogP contribution is 2.20. The van der Waals surface area contributed by atoms with E-state index in [2.05, 4.69) is 21.2 Å². The maximum atomic E-state index is 11.7. The molecule has 2 aromatic rings. The Labute approximate surface area is 128 Å². The highest BCUT2D eigenvalue weighted by Gasteiger charge is 2.09. The lowest BCUT2D eigenvalue weighted by Gasteiger charge is -2.08. The first-order valence-electron chi connectivity index (χ1n) is 6.00. The fourth-order valence-corrected chi connectivity index (χ4v) is 1.90. The number of ether oxygens (including phenoxy) is 1. The molecular formula is C14H12BrNO5. The van der Waals surface area contributed by atoms with Crippen molar-refractivity contribution in [3.05, 3.63) is 57.1 Å². The monoisotopic (exact) mass is 353 g/mol. The highest BCUT2D eigenvalue weighted by atomic mass is 79.9. The van der Waals surface area contributed by atoms with Gasteiger partial charge in [0.1, 0.15) is 18.6 Å². The van der Waals surface area contributed by atoms with E-state index in [0.29, 0.717) is 5.69 Å².